The number of aromatic nitrogens is 2. The van der Waals surface area contributed by atoms with Crippen LogP contribution in [0.5, 0.6) is 0 Å². The van der Waals surface area contributed by atoms with Crippen LogP contribution in [0.2, 0.25) is 0 Å². The zero-order valence-electron chi connectivity index (χ0n) is 5.00. The molecule has 0 spiro atoms. The van der Waals surface area contributed by atoms with Crippen LogP contribution in [0.3, 0.4) is 0 Å². The smallest absolute Gasteiger partial charge is 0.238 e. The van der Waals surface area contributed by atoms with Crippen LogP contribution in [-0.2, 0) is 0 Å². The number of imidazole rings is 1. The molecule has 0 aromatic carbocycles. The Balaban J connectivity index is 3.04. The first kappa shape index (κ1) is 5.74. The second-order valence-corrected chi connectivity index (χ2v) is 1.57. The number of nitrogens with two attached hydrogens (primary N) is 1. The summed E-state index contributed by atoms with van der Waals surface area (Å²) in [6.07, 6.45) is 1.37. The van der Waals surface area contributed by atoms with Crippen LogP contribution in [0.15, 0.2) is 6.20 Å². The Morgan fingerprint density at radius 3 is 2.78 bits per heavy atom. The Hall–Kier alpha value is -1.39. The summed E-state index contributed by atoms with van der Waals surface area (Å²) in [6.45, 7) is 0. The second-order valence-electron chi connectivity index (χ2n) is 1.57. The number of hydrogen-bond donors (Lipinski definition) is 3. The van der Waals surface area contributed by atoms with Crippen molar-refractivity contribution in [3.05, 3.63) is 6.20 Å². The van der Waals surface area contributed by atoms with Crippen LogP contribution in [-0.4, -0.2) is 22.0 Å². The lowest BCUT2D eigenvalue weighted by molar-refractivity contribution is 0.198. The molecule has 5 heteroatoms. The minimum atomic E-state index is 0.222. The third-order valence-electron chi connectivity index (χ3n) is 0.988. The molecule has 0 unspecified atom stereocenters. The molecule has 9 heavy (non-hydrogen) atoms. The average molecular weight is 128 g/mol. The molecule has 0 radical (unpaired) electrons. The van der Waals surface area contributed by atoms with Gasteiger partial charge in [-0.05, 0) is 0 Å². The van der Waals surface area contributed by atoms with Crippen molar-refractivity contribution in [1.29, 1.82) is 0 Å². The molecule has 5 nitrogen and oxygen atoms in total. The van der Waals surface area contributed by atoms with Crippen LogP contribution in [0.4, 0.5) is 11.8 Å². The van der Waals surface area contributed by atoms with Gasteiger partial charge in [0.05, 0.1) is 6.20 Å². The molecule has 0 saturated carbocycles. The zero-order chi connectivity index (χ0) is 6.85. The van der Waals surface area contributed by atoms with E-state index in [1.54, 1.807) is 7.05 Å². The minimum absolute atomic E-state index is 0.222. The van der Waals surface area contributed by atoms with Gasteiger partial charge >= 0.3 is 0 Å². The average Bonchev–Trinajstić information content (AvgIpc) is 2.15. The van der Waals surface area contributed by atoms with E-state index >= 15 is 0 Å². The highest BCUT2D eigenvalue weighted by atomic mass is 16.5. The predicted molar refractivity (Wildman–Crippen MR) is 33.4 cm³/mol. The summed E-state index contributed by atoms with van der Waals surface area (Å²) in [5, 5.41) is 11.5. The highest BCUT2D eigenvalue weighted by Gasteiger charge is 2.00. The molecule has 0 bridgehead atoms. The molecule has 0 saturated heterocycles. The van der Waals surface area contributed by atoms with Gasteiger partial charge in [-0.1, -0.05) is 0 Å². The maximum Gasteiger partial charge on any atom is 0.238 e. The molecule has 1 aromatic rings. The Labute approximate surface area is 52.1 Å². The fraction of sp³-hybridized carbons (Fsp3) is 0.250. The molecule has 1 heterocycles. The number of anilines is 2. The van der Waals surface area contributed by atoms with E-state index in [1.807, 2.05) is 0 Å². The van der Waals surface area contributed by atoms with Gasteiger partial charge in [0.15, 0.2) is 5.82 Å². The van der Waals surface area contributed by atoms with Gasteiger partial charge in [0.1, 0.15) is 0 Å². The van der Waals surface area contributed by atoms with Gasteiger partial charge in [-0.15, -0.1) is 4.73 Å². The summed E-state index contributed by atoms with van der Waals surface area (Å²) < 4.78 is 0.778. The van der Waals surface area contributed by atoms with E-state index in [0.717, 1.165) is 4.73 Å². The molecule has 50 valence electrons. The van der Waals surface area contributed by atoms with Gasteiger partial charge in [-0.2, -0.15) is 0 Å². The second kappa shape index (κ2) is 1.85. The van der Waals surface area contributed by atoms with Gasteiger partial charge in [-0.25, -0.2) is 4.98 Å². The SMILES string of the molecule is CNc1ncc(N)n1O. The van der Waals surface area contributed by atoms with Crippen molar-refractivity contribution in [1.82, 2.24) is 9.71 Å². The fourth-order valence-electron chi connectivity index (χ4n) is 0.529. The lowest BCUT2D eigenvalue weighted by atomic mass is 10.8. The maximum absolute atomic E-state index is 8.90. The van der Waals surface area contributed by atoms with Crippen molar-refractivity contribution in [2.75, 3.05) is 18.1 Å². The van der Waals surface area contributed by atoms with Crippen LogP contribution < -0.4 is 11.1 Å². The van der Waals surface area contributed by atoms with Crippen molar-refractivity contribution in [2.45, 2.75) is 0 Å². The number of nitrogen functional groups attached to an aromatic ring is 1. The Bertz CT molecular complexity index is 206. The third kappa shape index (κ3) is 0.758. The highest BCUT2D eigenvalue weighted by Crippen LogP contribution is 2.06. The maximum atomic E-state index is 8.90. The molecule has 0 aliphatic rings. The van der Waals surface area contributed by atoms with E-state index in [1.165, 1.54) is 6.20 Å². The number of nitrogens with zero attached hydrogens (tertiary/aromatic N) is 2. The molecule has 0 aliphatic carbocycles. The van der Waals surface area contributed by atoms with Crippen molar-refractivity contribution >= 4 is 11.8 Å². The first-order chi connectivity index (χ1) is 4.25. The summed E-state index contributed by atoms with van der Waals surface area (Å²) in [5.41, 5.74) is 5.23. The number of rotatable bonds is 1. The van der Waals surface area contributed by atoms with Crippen LogP contribution in [0, 0.1) is 0 Å². The van der Waals surface area contributed by atoms with Gasteiger partial charge in [0.25, 0.3) is 0 Å². The molecule has 0 aliphatic heterocycles. The van der Waals surface area contributed by atoms with Crippen molar-refractivity contribution in [3.63, 3.8) is 0 Å². The lowest BCUT2D eigenvalue weighted by Crippen LogP contribution is -2.02. The standard InChI is InChI=1S/C4H8N4O/c1-6-4-7-2-3(5)8(4)9/h2,9H,5H2,1H3,(H,6,7). The monoisotopic (exact) mass is 128 g/mol. The molecule has 0 amide bonds. The molecule has 1 aromatic heterocycles. The first-order valence-electron chi connectivity index (χ1n) is 2.46. The summed E-state index contributed by atoms with van der Waals surface area (Å²) in [6, 6.07) is 0. The van der Waals surface area contributed by atoms with Gasteiger partial charge < -0.3 is 16.3 Å². The molecular weight excluding hydrogens is 120 g/mol. The van der Waals surface area contributed by atoms with E-state index in [9.17, 15) is 0 Å². The Morgan fingerprint density at radius 2 is 2.56 bits per heavy atom. The van der Waals surface area contributed by atoms with Crippen LogP contribution in [0.25, 0.3) is 0 Å². The van der Waals surface area contributed by atoms with Crippen molar-refractivity contribution in [3.8, 4) is 0 Å². The van der Waals surface area contributed by atoms with Gasteiger partial charge in [0, 0.05) is 7.05 Å². The topological polar surface area (TPSA) is 76.1 Å². The fourth-order valence-corrected chi connectivity index (χ4v) is 0.529. The van der Waals surface area contributed by atoms with E-state index in [2.05, 4.69) is 10.3 Å². The minimum Gasteiger partial charge on any atom is -0.424 e. The number of nitrogens with one attached hydrogen (secondary N) is 1. The van der Waals surface area contributed by atoms with Crippen molar-refractivity contribution < 1.29 is 5.21 Å². The quantitative estimate of drug-likeness (QED) is 0.455. The largest absolute Gasteiger partial charge is 0.424 e. The van der Waals surface area contributed by atoms with Crippen LogP contribution >= 0.6 is 0 Å². The van der Waals surface area contributed by atoms with Gasteiger partial charge in [0.2, 0.25) is 5.95 Å². The lowest BCUT2D eigenvalue weighted by Gasteiger charge is -1.96. The molecule has 0 atom stereocenters. The summed E-state index contributed by atoms with van der Waals surface area (Å²) in [5.74, 6) is 0.562. The molecule has 0 fully saturated rings. The molecular formula is C4H8N4O. The molecule has 4 N–H and O–H groups in total. The Morgan fingerprint density at radius 1 is 1.89 bits per heavy atom. The van der Waals surface area contributed by atoms with E-state index < -0.39 is 0 Å². The highest BCUT2D eigenvalue weighted by molar-refractivity contribution is 5.37. The van der Waals surface area contributed by atoms with E-state index in [4.69, 9.17) is 10.9 Å². The van der Waals surface area contributed by atoms with E-state index in [-0.39, 0.29) is 5.82 Å². The van der Waals surface area contributed by atoms with Crippen molar-refractivity contribution in [2.24, 2.45) is 0 Å². The van der Waals surface area contributed by atoms with Crippen LogP contribution in [0.1, 0.15) is 0 Å². The zero-order valence-corrected chi connectivity index (χ0v) is 5.00. The summed E-state index contributed by atoms with van der Waals surface area (Å²) >= 11 is 0. The third-order valence-corrected chi connectivity index (χ3v) is 0.988. The normalized spacial score (nSPS) is 9.44. The summed E-state index contributed by atoms with van der Waals surface area (Å²) in [4.78, 5) is 3.71. The number of hydrogen-bond acceptors (Lipinski definition) is 4. The van der Waals surface area contributed by atoms with Gasteiger partial charge in [-0.3, -0.25) is 0 Å². The predicted octanol–water partition coefficient (Wildman–Crippen LogP) is -0.256. The summed E-state index contributed by atoms with van der Waals surface area (Å²) in [7, 11) is 1.65. The molecule has 1 rings (SSSR count). The Kier molecular flexibility index (Phi) is 1.18. The first-order valence-corrected chi connectivity index (χ1v) is 2.46. The van der Waals surface area contributed by atoms with E-state index in [0.29, 0.717) is 5.95 Å².